The van der Waals surface area contributed by atoms with Crippen molar-refractivity contribution in [2.75, 3.05) is 33.3 Å². The molecule has 1 saturated heterocycles. The van der Waals surface area contributed by atoms with Crippen LogP contribution in [0.3, 0.4) is 0 Å². The number of methoxy groups -OCH3 is 1. The Morgan fingerprint density at radius 1 is 1.17 bits per heavy atom. The molecule has 8 nitrogen and oxygen atoms in total. The van der Waals surface area contributed by atoms with Gasteiger partial charge in [-0.15, -0.1) is 0 Å². The van der Waals surface area contributed by atoms with Gasteiger partial charge in [0.25, 0.3) is 0 Å². The molecule has 0 aromatic heterocycles. The van der Waals surface area contributed by atoms with Crippen LogP contribution < -0.4 is 4.74 Å². The van der Waals surface area contributed by atoms with E-state index in [0.29, 0.717) is 13.1 Å². The largest absolute Gasteiger partial charge is 0.495 e. The SMILES string of the molecule is COc1ccc(C(=O)O)cc1S(=O)(=O)N1CCN(C(C)=O)CC1. The van der Waals surface area contributed by atoms with Crippen molar-refractivity contribution in [3.8, 4) is 5.75 Å². The van der Waals surface area contributed by atoms with Crippen LogP contribution in [0.1, 0.15) is 17.3 Å². The second-order valence-electron chi connectivity index (χ2n) is 5.08. The predicted octanol–water partition coefficient (Wildman–Crippen LogP) is 0.246. The Bertz CT molecular complexity index is 723. The predicted molar refractivity (Wildman–Crippen MR) is 81.0 cm³/mol. The molecule has 126 valence electrons. The van der Waals surface area contributed by atoms with Crippen LogP contribution >= 0.6 is 0 Å². The Morgan fingerprint density at radius 2 is 1.78 bits per heavy atom. The molecular weight excluding hydrogens is 324 g/mol. The van der Waals surface area contributed by atoms with Gasteiger partial charge in [0, 0.05) is 33.1 Å². The minimum Gasteiger partial charge on any atom is -0.495 e. The number of nitrogens with zero attached hydrogens (tertiary/aromatic N) is 2. The molecule has 1 amide bonds. The van der Waals surface area contributed by atoms with E-state index in [4.69, 9.17) is 9.84 Å². The van der Waals surface area contributed by atoms with Crippen LogP contribution in [-0.2, 0) is 14.8 Å². The maximum Gasteiger partial charge on any atom is 0.335 e. The molecule has 23 heavy (non-hydrogen) atoms. The maximum atomic E-state index is 12.8. The lowest BCUT2D eigenvalue weighted by atomic mass is 10.2. The topological polar surface area (TPSA) is 104 Å². The van der Waals surface area contributed by atoms with Crippen molar-refractivity contribution in [3.05, 3.63) is 23.8 Å². The molecule has 1 heterocycles. The zero-order chi connectivity index (χ0) is 17.2. The number of ether oxygens (including phenoxy) is 1. The quantitative estimate of drug-likeness (QED) is 0.841. The molecule has 1 aromatic carbocycles. The van der Waals surface area contributed by atoms with Crippen molar-refractivity contribution < 1.29 is 27.9 Å². The summed E-state index contributed by atoms with van der Waals surface area (Å²) in [6, 6.07) is 3.70. The number of benzene rings is 1. The lowest BCUT2D eigenvalue weighted by Gasteiger charge is -2.33. The van der Waals surface area contributed by atoms with Crippen LogP contribution in [-0.4, -0.2) is 67.9 Å². The summed E-state index contributed by atoms with van der Waals surface area (Å²) in [6.07, 6.45) is 0. The van der Waals surface area contributed by atoms with Crippen LogP contribution in [0.15, 0.2) is 23.1 Å². The zero-order valence-electron chi connectivity index (χ0n) is 12.9. The third-order valence-electron chi connectivity index (χ3n) is 3.71. The number of piperazine rings is 1. The smallest absolute Gasteiger partial charge is 0.335 e. The molecule has 0 spiro atoms. The van der Waals surface area contributed by atoms with E-state index in [1.807, 2.05) is 0 Å². The monoisotopic (exact) mass is 342 g/mol. The standard InChI is InChI=1S/C14H18N2O6S/c1-10(17)15-5-7-16(8-6-15)23(20,21)13-9-11(14(18)19)3-4-12(13)22-2/h3-4,9H,5-8H2,1-2H3,(H,18,19). The summed E-state index contributed by atoms with van der Waals surface area (Å²) in [4.78, 5) is 23.8. The summed E-state index contributed by atoms with van der Waals surface area (Å²) >= 11 is 0. The van der Waals surface area contributed by atoms with Gasteiger partial charge in [-0.3, -0.25) is 4.79 Å². The van der Waals surface area contributed by atoms with E-state index in [1.165, 1.54) is 30.5 Å². The third kappa shape index (κ3) is 3.45. The average Bonchev–Trinajstić information content (AvgIpc) is 2.54. The molecule has 1 fully saturated rings. The fourth-order valence-corrected chi connectivity index (χ4v) is 4.00. The van der Waals surface area contributed by atoms with E-state index in [0.717, 1.165) is 6.07 Å². The summed E-state index contributed by atoms with van der Waals surface area (Å²) in [7, 11) is -2.58. The van der Waals surface area contributed by atoms with E-state index in [9.17, 15) is 18.0 Å². The van der Waals surface area contributed by atoms with Crippen LogP contribution in [0.4, 0.5) is 0 Å². The molecule has 0 radical (unpaired) electrons. The molecule has 0 atom stereocenters. The van der Waals surface area contributed by atoms with Gasteiger partial charge in [0.1, 0.15) is 10.6 Å². The minimum atomic E-state index is -3.90. The number of sulfonamides is 1. The Labute approximate surface area is 134 Å². The van der Waals surface area contributed by atoms with Crippen molar-refractivity contribution >= 4 is 21.9 Å². The number of hydrogen-bond acceptors (Lipinski definition) is 5. The number of amides is 1. The van der Waals surface area contributed by atoms with Gasteiger partial charge in [0.15, 0.2) is 0 Å². The number of aromatic carboxylic acids is 1. The van der Waals surface area contributed by atoms with Gasteiger partial charge in [-0.05, 0) is 18.2 Å². The molecule has 2 rings (SSSR count). The van der Waals surface area contributed by atoms with E-state index < -0.39 is 16.0 Å². The molecular formula is C14H18N2O6S. The first-order chi connectivity index (χ1) is 10.8. The highest BCUT2D eigenvalue weighted by Crippen LogP contribution is 2.28. The molecule has 0 saturated carbocycles. The second-order valence-corrected chi connectivity index (χ2v) is 6.99. The fraction of sp³-hybridized carbons (Fsp3) is 0.429. The molecule has 1 aliphatic heterocycles. The van der Waals surface area contributed by atoms with Crippen molar-refractivity contribution in [2.24, 2.45) is 0 Å². The van der Waals surface area contributed by atoms with Gasteiger partial charge in [0.2, 0.25) is 15.9 Å². The summed E-state index contributed by atoms with van der Waals surface area (Å²) in [5.74, 6) is -1.23. The molecule has 1 N–H and O–H groups in total. The van der Waals surface area contributed by atoms with Crippen LogP contribution in [0.2, 0.25) is 0 Å². The minimum absolute atomic E-state index is 0.0870. The fourth-order valence-electron chi connectivity index (χ4n) is 2.39. The van der Waals surface area contributed by atoms with Crippen molar-refractivity contribution in [1.29, 1.82) is 0 Å². The van der Waals surface area contributed by atoms with Crippen molar-refractivity contribution in [1.82, 2.24) is 9.21 Å². The normalized spacial score (nSPS) is 16.2. The number of hydrogen-bond donors (Lipinski definition) is 1. The van der Waals surface area contributed by atoms with Crippen molar-refractivity contribution in [3.63, 3.8) is 0 Å². The van der Waals surface area contributed by atoms with Gasteiger partial charge >= 0.3 is 5.97 Å². The Morgan fingerprint density at radius 3 is 2.26 bits per heavy atom. The van der Waals surface area contributed by atoms with Gasteiger partial charge < -0.3 is 14.7 Å². The molecule has 9 heteroatoms. The Kier molecular flexibility index (Phi) is 4.90. The summed E-state index contributed by atoms with van der Waals surface area (Å²) in [6.45, 7) is 2.35. The van der Waals surface area contributed by atoms with Crippen LogP contribution in [0.5, 0.6) is 5.75 Å². The summed E-state index contributed by atoms with van der Waals surface area (Å²) < 4.78 is 31.8. The lowest BCUT2D eigenvalue weighted by Crippen LogP contribution is -2.50. The zero-order valence-corrected chi connectivity index (χ0v) is 13.7. The van der Waals surface area contributed by atoms with Gasteiger partial charge in [0.05, 0.1) is 12.7 Å². The Balaban J connectivity index is 2.34. The summed E-state index contributed by atoms with van der Waals surface area (Å²) in [5, 5.41) is 9.05. The highest BCUT2D eigenvalue weighted by molar-refractivity contribution is 7.89. The first kappa shape index (κ1) is 17.2. The Hall–Kier alpha value is -2.13. The molecule has 1 aliphatic rings. The summed E-state index contributed by atoms with van der Waals surface area (Å²) in [5.41, 5.74) is -0.133. The lowest BCUT2D eigenvalue weighted by molar-refractivity contribution is -0.129. The van der Waals surface area contributed by atoms with Gasteiger partial charge in [-0.2, -0.15) is 4.31 Å². The van der Waals surface area contributed by atoms with E-state index in [1.54, 1.807) is 4.90 Å². The van der Waals surface area contributed by atoms with Crippen molar-refractivity contribution in [2.45, 2.75) is 11.8 Å². The maximum absolute atomic E-state index is 12.8. The van der Waals surface area contributed by atoms with E-state index in [2.05, 4.69) is 0 Å². The third-order valence-corrected chi connectivity index (χ3v) is 5.63. The number of rotatable bonds is 4. The highest BCUT2D eigenvalue weighted by Gasteiger charge is 2.32. The highest BCUT2D eigenvalue weighted by atomic mass is 32.2. The number of carboxylic acid groups (broad SMARTS) is 1. The average molecular weight is 342 g/mol. The first-order valence-electron chi connectivity index (χ1n) is 6.94. The van der Waals surface area contributed by atoms with Crippen LogP contribution in [0.25, 0.3) is 0 Å². The van der Waals surface area contributed by atoms with E-state index >= 15 is 0 Å². The number of carbonyl (C=O) groups excluding carboxylic acids is 1. The molecule has 0 aliphatic carbocycles. The van der Waals surface area contributed by atoms with Gasteiger partial charge in [-0.1, -0.05) is 0 Å². The first-order valence-corrected chi connectivity index (χ1v) is 8.38. The number of carboxylic acids is 1. The molecule has 1 aromatic rings. The number of carbonyl (C=O) groups is 2. The second kappa shape index (κ2) is 6.55. The van der Waals surface area contributed by atoms with Crippen LogP contribution in [0, 0.1) is 0 Å². The van der Waals surface area contributed by atoms with E-state index in [-0.39, 0.29) is 35.2 Å². The molecule has 0 unspecified atom stereocenters. The van der Waals surface area contributed by atoms with Gasteiger partial charge in [-0.25, -0.2) is 13.2 Å². The molecule has 0 bridgehead atoms.